The van der Waals surface area contributed by atoms with Crippen molar-refractivity contribution in [3.8, 4) is 5.75 Å². The Morgan fingerprint density at radius 2 is 1.85 bits per heavy atom. The zero-order chi connectivity index (χ0) is 24.3. The van der Waals surface area contributed by atoms with Crippen LogP contribution in [0.3, 0.4) is 0 Å². The van der Waals surface area contributed by atoms with Crippen molar-refractivity contribution in [1.82, 2.24) is 9.66 Å². The highest BCUT2D eigenvalue weighted by atomic mass is 79.9. The zero-order valence-corrected chi connectivity index (χ0v) is 21.5. The molecular formula is C23H22BrCl2N3O4. The molecule has 3 rings (SSSR count). The number of aromatic nitrogens is 2. The van der Waals surface area contributed by atoms with Gasteiger partial charge in [-0.05, 0) is 49.7 Å². The molecule has 0 aliphatic carbocycles. The summed E-state index contributed by atoms with van der Waals surface area (Å²) in [5, 5.41) is 5.19. The highest BCUT2D eigenvalue weighted by Gasteiger charge is 2.15. The second-order valence-electron chi connectivity index (χ2n) is 7.79. The molecule has 0 fully saturated rings. The maximum absolute atomic E-state index is 13.1. The highest BCUT2D eigenvalue weighted by molar-refractivity contribution is 9.10. The summed E-state index contributed by atoms with van der Waals surface area (Å²) in [7, 11) is 0. The maximum atomic E-state index is 13.1. The molecule has 10 heteroatoms. The predicted octanol–water partition coefficient (Wildman–Crippen LogP) is 5.80. The van der Waals surface area contributed by atoms with Crippen molar-refractivity contribution in [1.29, 1.82) is 0 Å². The van der Waals surface area contributed by atoms with Crippen LogP contribution < -0.4 is 10.3 Å². The van der Waals surface area contributed by atoms with Crippen LogP contribution in [-0.4, -0.2) is 34.6 Å². The Labute approximate surface area is 209 Å². The van der Waals surface area contributed by atoms with Crippen molar-refractivity contribution in [3.63, 3.8) is 0 Å². The molecule has 0 aliphatic rings. The third kappa shape index (κ3) is 6.13. The molecule has 0 atom stereocenters. The fourth-order valence-corrected chi connectivity index (χ4v) is 3.97. The number of benzene rings is 2. The van der Waals surface area contributed by atoms with E-state index in [1.807, 2.05) is 19.9 Å². The lowest BCUT2D eigenvalue weighted by atomic mass is 10.2. The van der Waals surface area contributed by atoms with E-state index in [-0.39, 0.29) is 40.0 Å². The Morgan fingerprint density at radius 3 is 2.45 bits per heavy atom. The number of rotatable bonds is 7. The van der Waals surface area contributed by atoms with Crippen LogP contribution in [0.25, 0.3) is 10.9 Å². The van der Waals surface area contributed by atoms with E-state index in [4.69, 9.17) is 32.7 Å². The third-order valence-corrected chi connectivity index (χ3v) is 5.45. The molecule has 7 nitrogen and oxygen atoms in total. The van der Waals surface area contributed by atoms with Crippen molar-refractivity contribution in [2.24, 2.45) is 5.10 Å². The molecule has 0 amide bonds. The number of esters is 1. The van der Waals surface area contributed by atoms with E-state index < -0.39 is 5.97 Å². The van der Waals surface area contributed by atoms with Gasteiger partial charge in [-0.3, -0.25) is 4.79 Å². The van der Waals surface area contributed by atoms with Gasteiger partial charge in [0, 0.05) is 10.4 Å². The minimum Gasteiger partial charge on any atom is -0.479 e. The molecule has 0 N–H and O–H groups in total. The minimum absolute atomic E-state index is 0.0450. The van der Waals surface area contributed by atoms with Crippen LogP contribution in [0, 0.1) is 0 Å². The fraction of sp³-hybridized carbons (Fsp3) is 0.304. The number of halogens is 3. The van der Waals surface area contributed by atoms with Crippen molar-refractivity contribution >= 4 is 62.2 Å². The number of ether oxygens (including phenoxy) is 2. The smallest absolute Gasteiger partial charge is 0.344 e. The Hall–Kier alpha value is -2.42. The average Bonchev–Trinajstić information content (AvgIpc) is 2.72. The summed E-state index contributed by atoms with van der Waals surface area (Å²) in [6.45, 7) is 7.03. The van der Waals surface area contributed by atoms with Crippen molar-refractivity contribution in [2.75, 3.05) is 6.61 Å². The van der Waals surface area contributed by atoms with Crippen LogP contribution in [0.5, 0.6) is 5.75 Å². The minimum atomic E-state index is -0.529. The van der Waals surface area contributed by atoms with E-state index in [1.165, 1.54) is 10.9 Å². The Balaban J connectivity index is 1.93. The average molecular weight is 555 g/mol. The molecule has 0 bridgehead atoms. The van der Waals surface area contributed by atoms with Gasteiger partial charge in [0.05, 0.1) is 33.3 Å². The first-order chi connectivity index (χ1) is 15.6. The zero-order valence-electron chi connectivity index (χ0n) is 18.4. The summed E-state index contributed by atoms with van der Waals surface area (Å²) in [6, 6.07) is 8.49. The highest BCUT2D eigenvalue weighted by Crippen LogP contribution is 2.34. The monoisotopic (exact) mass is 553 g/mol. The summed E-state index contributed by atoms with van der Waals surface area (Å²) in [5.74, 6) is 0.107. The van der Waals surface area contributed by atoms with Gasteiger partial charge in [-0.15, -0.1) is 0 Å². The molecule has 0 unspecified atom stereocenters. The number of nitrogens with zero attached hydrogens (tertiary/aromatic N) is 3. The molecular weight excluding hydrogens is 533 g/mol. The van der Waals surface area contributed by atoms with E-state index in [0.717, 1.165) is 4.47 Å². The second-order valence-corrected chi connectivity index (χ2v) is 9.52. The van der Waals surface area contributed by atoms with Gasteiger partial charge in [0.25, 0.3) is 5.56 Å². The van der Waals surface area contributed by atoms with Crippen LogP contribution in [0.4, 0.5) is 0 Å². The topological polar surface area (TPSA) is 82.8 Å². The Bertz CT molecular complexity index is 1270. The Morgan fingerprint density at radius 1 is 1.18 bits per heavy atom. The first-order valence-corrected chi connectivity index (χ1v) is 11.7. The van der Waals surface area contributed by atoms with Gasteiger partial charge in [0.1, 0.15) is 5.82 Å². The van der Waals surface area contributed by atoms with E-state index in [9.17, 15) is 9.59 Å². The van der Waals surface area contributed by atoms with Crippen LogP contribution in [-0.2, 0) is 9.53 Å². The van der Waals surface area contributed by atoms with Gasteiger partial charge >= 0.3 is 5.97 Å². The molecule has 0 saturated carbocycles. The summed E-state index contributed by atoms with van der Waals surface area (Å²) in [4.78, 5) is 29.4. The number of carbonyl (C=O) groups is 1. The molecule has 0 saturated heterocycles. The van der Waals surface area contributed by atoms with Crippen molar-refractivity contribution in [3.05, 3.63) is 66.6 Å². The van der Waals surface area contributed by atoms with Crippen LogP contribution >= 0.6 is 39.1 Å². The van der Waals surface area contributed by atoms with Crippen LogP contribution in [0.15, 0.2) is 44.7 Å². The van der Waals surface area contributed by atoms with Gasteiger partial charge in [0.2, 0.25) is 0 Å². The SMILES string of the molecule is CC(C)OC(=O)COc1c(Cl)cc(C=Nn2c(C(C)C)nc3ccc(Br)cc3c2=O)cc1Cl. The van der Waals surface area contributed by atoms with Gasteiger partial charge in [-0.25, -0.2) is 9.78 Å². The second kappa shape index (κ2) is 10.7. The molecule has 0 radical (unpaired) electrons. The molecule has 1 heterocycles. The molecule has 33 heavy (non-hydrogen) atoms. The van der Waals surface area contributed by atoms with Crippen LogP contribution in [0.1, 0.15) is 45.0 Å². The van der Waals surface area contributed by atoms with E-state index in [2.05, 4.69) is 26.0 Å². The number of carbonyl (C=O) groups excluding carboxylic acids is 1. The first-order valence-electron chi connectivity index (χ1n) is 10.1. The summed E-state index contributed by atoms with van der Waals surface area (Å²) in [6.07, 6.45) is 1.21. The fourth-order valence-electron chi connectivity index (χ4n) is 3.00. The summed E-state index contributed by atoms with van der Waals surface area (Å²) < 4.78 is 12.5. The predicted molar refractivity (Wildman–Crippen MR) is 134 cm³/mol. The molecule has 3 aromatic rings. The molecule has 0 aliphatic heterocycles. The largest absolute Gasteiger partial charge is 0.479 e. The number of hydrogen-bond donors (Lipinski definition) is 0. The number of fused-ring (bicyclic) bond motifs is 1. The molecule has 0 spiro atoms. The number of hydrogen-bond acceptors (Lipinski definition) is 6. The maximum Gasteiger partial charge on any atom is 0.344 e. The van der Waals surface area contributed by atoms with Crippen molar-refractivity contribution in [2.45, 2.75) is 39.7 Å². The van der Waals surface area contributed by atoms with Crippen LogP contribution in [0.2, 0.25) is 10.0 Å². The molecule has 2 aromatic carbocycles. The van der Waals surface area contributed by atoms with Gasteiger partial charge < -0.3 is 9.47 Å². The quantitative estimate of drug-likeness (QED) is 0.272. The summed E-state index contributed by atoms with van der Waals surface area (Å²) in [5.41, 5.74) is 0.849. The third-order valence-electron chi connectivity index (χ3n) is 4.39. The van der Waals surface area contributed by atoms with Crippen molar-refractivity contribution < 1.29 is 14.3 Å². The Kier molecular flexibility index (Phi) is 8.15. The summed E-state index contributed by atoms with van der Waals surface area (Å²) >= 11 is 16.0. The lowest BCUT2D eigenvalue weighted by Gasteiger charge is -2.13. The van der Waals surface area contributed by atoms with E-state index in [0.29, 0.717) is 22.3 Å². The normalized spacial score (nSPS) is 11.7. The van der Waals surface area contributed by atoms with E-state index >= 15 is 0 Å². The van der Waals surface area contributed by atoms with Gasteiger partial charge in [-0.1, -0.05) is 53.0 Å². The lowest BCUT2D eigenvalue weighted by molar-refractivity contribution is -0.149. The molecule has 174 valence electrons. The lowest BCUT2D eigenvalue weighted by Crippen LogP contribution is -2.23. The first kappa shape index (κ1) is 25.2. The standard InChI is InChI=1S/C23H22BrCl2N3O4/c1-12(2)22-28-19-6-5-15(24)9-16(19)23(31)29(22)27-10-14-7-17(25)21(18(26)8-14)32-11-20(30)33-13(3)4/h5-10,12-13H,11H2,1-4H3. The van der Waals surface area contributed by atoms with Gasteiger partial charge in [-0.2, -0.15) is 9.78 Å². The van der Waals surface area contributed by atoms with Gasteiger partial charge in [0.15, 0.2) is 12.4 Å². The molecule has 1 aromatic heterocycles. The van der Waals surface area contributed by atoms with E-state index in [1.54, 1.807) is 38.1 Å².